The van der Waals surface area contributed by atoms with E-state index in [0.717, 1.165) is 29.4 Å². The predicted molar refractivity (Wildman–Crippen MR) is 116 cm³/mol. The van der Waals surface area contributed by atoms with Crippen molar-refractivity contribution in [1.29, 1.82) is 0 Å². The predicted octanol–water partition coefficient (Wildman–Crippen LogP) is 3.54. The summed E-state index contributed by atoms with van der Waals surface area (Å²) < 4.78 is 61.6. The van der Waals surface area contributed by atoms with Gasteiger partial charge in [-0.05, 0) is 47.4 Å². The van der Waals surface area contributed by atoms with Crippen molar-refractivity contribution in [3.8, 4) is 11.5 Å². The standard InChI is InChI=1S/C22H22F2N4O4S/c1-33(29,30)27-16-6-7-18-15(9-16)10-28(17-11-31-12-17)19(18)8-13-2-4-14(5-3-13)21-25-26-22(32-21)20(23)24/h2-7,9,17,19-20,27H,8,10-12H2,1H3. The highest BCUT2D eigenvalue weighted by Crippen LogP contribution is 2.40. The van der Waals surface area contributed by atoms with Gasteiger partial charge in [-0.3, -0.25) is 9.62 Å². The van der Waals surface area contributed by atoms with Crippen LogP contribution in [0.15, 0.2) is 46.9 Å². The molecule has 0 saturated carbocycles. The summed E-state index contributed by atoms with van der Waals surface area (Å²) >= 11 is 0. The number of aromatic nitrogens is 2. The number of ether oxygens (including phenoxy) is 1. The molecule has 1 N–H and O–H groups in total. The summed E-state index contributed by atoms with van der Waals surface area (Å²) in [6.07, 6.45) is -0.940. The van der Waals surface area contributed by atoms with Crippen molar-refractivity contribution in [2.75, 3.05) is 24.2 Å². The molecule has 3 heterocycles. The van der Waals surface area contributed by atoms with E-state index in [1.54, 1.807) is 18.2 Å². The highest BCUT2D eigenvalue weighted by molar-refractivity contribution is 7.92. The maximum absolute atomic E-state index is 12.7. The van der Waals surface area contributed by atoms with Crippen molar-refractivity contribution in [2.24, 2.45) is 0 Å². The summed E-state index contributed by atoms with van der Waals surface area (Å²) in [6, 6.07) is 13.5. The van der Waals surface area contributed by atoms with Crippen LogP contribution in [0.25, 0.3) is 11.5 Å². The fourth-order valence-corrected chi connectivity index (χ4v) is 4.86. The van der Waals surface area contributed by atoms with Crippen LogP contribution in [0.4, 0.5) is 14.5 Å². The molecule has 0 spiro atoms. The number of fused-ring (bicyclic) bond motifs is 1. The second-order valence-corrected chi connectivity index (χ2v) is 10.1. The van der Waals surface area contributed by atoms with Gasteiger partial charge in [-0.2, -0.15) is 8.78 Å². The lowest BCUT2D eigenvalue weighted by atomic mass is 9.96. The van der Waals surface area contributed by atoms with Crippen molar-refractivity contribution in [3.63, 3.8) is 0 Å². The molecular weight excluding hydrogens is 454 g/mol. The van der Waals surface area contributed by atoms with Gasteiger partial charge in [0.2, 0.25) is 15.9 Å². The number of anilines is 1. The molecule has 8 nitrogen and oxygen atoms in total. The molecule has 11 heteroatoms. The Morgan fingerprint density at radius 1 is 1.15 bits per heavy atom. The van der Waals surface area contributed by atoms with Gasteiger partial charge in [0.1, 0.15) is 0 Å². The van der Waals surface area contributed by atoms with Gasteiger partial charge >= 0.3 is 6.43 Å². The average molecular weight is 477 g/mol. The lowest BCUT2D eigenvalue weighted by molar-refractivity contribution is -0.0784. The van der Waals surface area contributed by atoms with Crippen LogP contribution in [0.3, 0.4) is 0 Å². The number of nitrogens with zero attached hydrogens (tertiary/aromatic N) is 3. The summed E-state index contributed by atoms with van der Waals surface area (Å²) in [5.41, 5.74) is 4.43. The Morgan fingerprint density at radius 3 is 2.52 bits per heavy atom. The average Bonchev–Trinajstić information content (AvgIpc) is 3.32. The van der Waals surface area contributed by atoms with Crippen LogP contribution in [0, 0.1) is 0 Å². The number of rotatable bonds is 7. The van der Waals surface area contributed by atoms with Crippen LogP contribution < -0.4 is 4.72 Å². The Hall–Kier alpha value is -2.89. The molecule has 174 valence electrons. The molecular formula is C22H22F2N4O4S. The smallest absolute Gasteiger partial charge is 0.314 e. The lowest BCUT2D eigenvalue weighted by Gasteiger charge is -2.38. The first-order valence-corrected chi connectivity index (χ1v) is 12.3. The highest BCUT2D eigenvalue weighted by Gasteiger charge is 2.38. The van der Waals surface area contributed by atoms with Crippen molar-refractivity contribution >= 4 is 15.7 Å². The molecule has 1 unspecified atom stereocenters. The van der Waals surface area contributed by atoms with Gasteiger partial charge in [-0.15, -0.1) is 10.2 Å². The fourth-order valence-electron chi connectivity index (χ4n) is 4.30. The Kier molecular flexibility index (Phi) is 5.63. The fraction of sp³-hybridized carbons (Fsp3) is 0.364. The zero-order valence-corrected chi connectivity index (χ0v) is 18.6. The minimum absolute atomic E-state index is 0.0576. The van der Waals surface area contributed by atoms with Crippen molar-refractivity contribution in [2.45, 2.75) is 31.5 Å². The van der Waals surface area contributed by atoms with Gasteiger partial charge in [0.25, 0.3) is 5.89 Å². The molecule has 2 aliphatic heterocycles. The molecule has 2 aliphatic rings. The zero-order valence-electron chi connectivity index (χ0n) is 17.7. The number of hydrogen-bond acceptors (Lipinski definition) is 7. The summed E-state index contributed by atoms with van der Waals surface area (Å²) in [6.45, 7) is 2.05. The molecule has 0 aliphatic carbocycles. The van der Waals surface area contributed by atoms with Crippen LogP contribution in [0.1, 0.15) is 35.0 Å². The van der Waals surface area contributed by atoms with Crippen molar-refractivity contribution in [1.82, 2.24) is 15.1 Å². The zero-order chi connectivity index (χ0) is 23.2. The Labute approximate surface area is 189 Å². The molecule has 1 fully saturated rings. The first kappa shape index (κ1) is 21.9. The monoisotopic (exact) mass is 476 g/mol. The summed E-state index contributed by atoms with van der Waals surface area (Å²) in [7, 11) is -3.35. The van der Waals surface area contributed by atoms with E-state index < -0.39 is 22.3 Å². The van der Waals surface area contributed by atoms with E-state index in [-0.39, 0.29) is 11.9 Å². The van der Waals surface area contributed by atoms with Crippen molar-refractivity contribution < 1.29 is 26.4 Å². The van der Waals surface area contributed by atoms with Crippen LogP contribution in [-0.2, 0) is 27.7 Å². The third-order valence-corrected chi connectivity index (χ3v) is 6.51. The quantitative estimate of drug-likeness (QED) is 0.557. The molecule has 3 aromatic rings. The van der Waals surface area contributed by atoms with E-state index >= 15 is 0 Å². The van der Waals surface area contributed by atoms with Gasteiger partial charge in [-0.1, -0.05) is 18.2 Å². The summed E-state index contributed by atoms with van der Waals surface area (Å²) in [5.74, 6) is -0.637. The Balaban J connectivity index is 1.38. The molecule has 1 atom stereocenters. The van der Waals surface area contributed by atoms with E-state index in [1.165, 1.54) is 0 Å². The second-order valence-electron chi connectivity index (χ2n) is 8.31. The lowest BCUT2D eigenvalue weighted by Crippen LogP contribution is -2.48. The summed E-state index contributed by atoms with van der Waals surface area (Å²) in [5, 5.41) is 7.06. The van der Waals surface area contributed by atoms with Crippen LogP contribution >= 0.6 is 0 Å². The Bertz CT molecular complexity index is 1260. The maximum Gasteiger partial charge on any atom is 0.314 e. The summed E-state index contributed by atoms with van der Waals surface area (Å²) in [4.78, 5) is 2.39. The van der Waals surface area contributed by atoms with Crippen LogP contribution in [0.5, 0.6) is 0 Å². The molecule has 1 aromatic heterocycles. The number of hydrogen-bond donors (Lipinski definition) is 1. The van der Waals surface area contributed by atoms with E-state index in [0.29, 0.717) is 37.1 Å². The number of alkyl halides is 2. The van der Waals surface area contributed by atoms with Crippen LogP contribution in [-0.4, -0.2) is 49.0 Å². The maximum atomic E-state index is 12.7. The number of nitrogens with one attached hydrogen (secondary N) is 1. The first-order chi connectivity index (χ1) is 15.8. The molecule has 2 aromatic carbocycles. The molecule has 33 heavy (non-hydrogen) atoms. The van der Waals surface area contributed by atoms with Crippen LogP contribution in [0.2, 0.25) is 0 Å². The largest absolute Gasteiger partial charge is 0.415 e. The minimum Gasteiger partial charge on any atom is -0.415 e. The van der Waals surface area contributed by atoms with Gasteiger partial charge < -0.3 is 9.15 Å². The molecule has 1 saturated heterocycles. The molecule has 0 radical (unpaired) electrons. The Morgan fingerprint density at radius 2 is 1.91 bits per heavy atom. The third kappa shape index (κ3) is 4.61. The third-order valence-electron chi connectivity index (χ3n) is 5.91. The molecule has 5 rings (SSSR count). The SMILES string of the molecule is CS(=O)(=O)Nc1ccc2c(c1)CN(C1COC1)C2Cc1ccc(-c2nnc(C(F)F)o2)cc1. The molecule has 0 bridgehead atoms. The number of sulfonamides is 1. The highest BCUT2D eigenvalue weighted by atomic mass is 32.2. The van der Waals surface area contributed by atoms with Gasteiger partial charge in [0.15, 0.2) is 0 Å². The minimum atomic E-state index is -3.35. The van der Waals surface area contributed by atoms with E-state index in [4.69, 9.17) is 9.15 Å². The van der Waals surface area contributed by atoms with Crippen molar-refractivity contribution in [3.05, 3.63) is 65.0 Å². The molecule has 0 amide bonds. The van der Waals surface area contributed by atoms with Gasteiger partial charge in [0, 0.05) is 23.8 Å². The van der Waals surface area contributed by atoms with Gasteiger partial charge in [-0.25, -0.2) is 8.42 Å². The van der Waals surface area contributed by atoms with E-state index in [2.05, 4.69) is 19.8 Å². The second kappa shape index (κ2) is 8.47. The van der Waals surface area contributed by atoms with E-state index in [1.807, 2.05) is 24.3 Å². The normalized spacial score (nSPS) is 19.0. The topological polar surface area (TPSA) is 97.6 Å². The van der Waals surface area contributed by atoms with E-state index in [9.17, 15) is 17.2 Å². The number of benzene rings is 2. The van der Waals surface area contributed by atoms with Gasteiger partial charge in [0.05, 0.1) is 25.5 Å². The number of halogens is 2. The first-order valence-electron chi connectivity index (χ1n) is 10.4.